The van der Waals surface area contributed by atoms with Crippen LogP contribution in [0.4, 0.5) is 16.2 Å². The summed E-state index contributed by atoms with van der Waals surface area (Å²) in [7, 11) is 2.72. The lowest BCUT2D eigenvalue weighted by Gasteiger charge is -2.26. The van der Waals surface area contributed by atoms with Gasteiger partial charge in [-0.25, -0.2) is 9.69 Å². The molecule has 1 heterocycles. The predicted molar refractivity (Wildman–Crippen MR) is 102 cm³/mol. The quantitative estimate of drug-likeness (QED) is 0.355. The first kappa shape index (κ1) is 19.5. The number of hydrogen-bond acceptors (Lipinski definition) is 7. The molecule has 148 valence electrons. The highest BCUT2D eigenvalue weighted by Crippen LogP contribution is 2.30. The Balaban J connectivity index is 2.03. The molecule has 1 fully saturated rings. The Kier molecular flexibility index (Phi) is 5.26. The van der Waals surface area contributed by atoms with Crippen molar-refractivity contribution in [2.24, 2.45) is 0 Å². The fourth-order valence-electron chi connectivity index (χ4n) is 2.75. The summed E-state index contributed by atoms with van der Waals surface area (Å²) >= 11 is 0. The maximum absolute atomic E-state index is 12.9. The van der Waals surface area contributed by atoms with Gasteiger partial charge in [0.2, 0.25) is 0 Å². The van der Waals surface area contributed by atoms with Crippen molar-refractivity contribution in [2.45, 2.75) is 0 Å². The number of nitro benzene ring substituents is 1. The lowest BCUT2D eigenvalue weighted by Crippen LogP contribution is -2.54. The summed E-state index contributed by atoms with van der Waals surface area (Å²) in [5.41, 5.74) is -0.264. The molecule has 1 saturated heterocycles. The molecule has 1 aliphatic rings. The number of carbonyl (C=O) groups is 3. The van der Waals surface area contributed by atoms with E-state index in [0.29, 0.717) is 5.75 Å². The summed E-state index contributed by atoms with van der Waals surface area (Å²) in [5, 5.41) is 13.3. The Morgan fingerprint density at radius 2 is 1.83 bits per heavy atom. The standard InChI is InChI=1S/C19H15N3O7/c1-28-13-5-3-4-12(10-13)21-18(24)14(17(23)20-19(21)25)8-11-6-7-16(29-2)15(9-11)22(26)27/h3-10H,1-2H3,(H,20,23,25)/b14-8+. The lowest BCUT2D eigenvalue weighted by atomic mass is 10.1. The van der Waals surface area contributed by atoms with Crippen molar-refractivity contribution >= 4 is 35.3 Å². The van der Waals surface area contributed by atoms with Gasteiger partial charge in [-0.3, -0.25) is 25.0 Å². The molecule has 0 atom stereocenters. The van der Waals surface area contributed by atoms with Crippen molar-refractivity contribution in [3.8, 4) is 11.5 Å². The van der Waals surface area contributed by atoms with Crippen molar-refractivity contribution in [1.29, 1.82) is 0 Å². The maximum Gasteiger partial charge on any atom is 0.335 e. The number of rotatable bonds is 5. The van der Waals surface area contributed by atoms with Crippen LogP contribution in [0, 0.1) is 10.1 Å². The van der Waals surface area contributed by atoms with Crippen LogP contribution >= 0.6 is 0 Å². The number of benzene rings is 2. The van der Waals surface area contributed by atoms with Crippen LogP contribution in [0.1, 0.15) is 5.56 Å². The third-order valence-electron chi connectivity index (χ3n) is 4.12. The van der Waals surface area contributed by atoms with Crippen LogP contribution in [-0.2, 0) is 9.59 Å². The van der Waals surface area contributed by atoms with Gasteiger partial charge in [0.25, 0.3) is 11.8 Å². The van der Waals surface area contributed by atoms with E-state index in [9.17, 15) is 24.5 Å². The van der Waals surface area contributed by atoms with Crippen LogP contribution in [-0.4, -0.2) is 37.0 Å². The SMILES string of the molecule is COc1cccc(N2C(=O)NC(=O)/C(=C\c3ccc(OC)c([N+](=O)[O-])c3)C2=O)c1. The van der Waals surface area contributed by atoms with Crippen LogP contribution in [0.25, 0.3) is 6.08 Å². The van der Waals surface area contributed by atoms with Gasteiger partial charge < -0.3 is 9.47 Å². The molecule has 2 aromatic rings. The number of nitrogens with zero attached hydrogens (tertiary/aromatic N) is 2. The molecule has 0 spiro atoms. The number of urea groups is 1. The second kappa shape index (κ2) is 7.80. The number of anilines is 1. The molecule has 0 aromatic heterocycles. The Hall–Kier alpha value is -4.21. The van der Waals surface area contributed by atoms with E-state index in [1.807, 2.05) is 0 Å². The van der Waals surface area contributed by atoms with E-state index in [4.69, 9.17) is 9.47 Å². The minimum absolute atomic E-state index is 0.0322. The molecular formula is C19H15N3O7. The molecule has 0 saturated carbocycles. The molecule has 0 aliphatic carbocycles. The third-order valence-corrected chi connectivity index (χ3v) is 4.12. The molecule has 10 nitrogen and oxygen atoms in total. The number of barbiturate groups is 1. The molecule has 1 aliphatic heterocycles. The van der Waals surface area contributed by atoms with Gasteiger partial charge in [-0.15, -0.1) is 0 Å². The Labute approximate surface area is 164 Å². The largest absolute Gasteiger partial charge is 0.497 e. The summed E-state index contributed by atoms with van der Waals surface area (Å²) in [6, 6.07) is 9.24. The van der Waals surface area contributed by atoms with Gasteiger partial charge >= 0.3 is 11.7 Å². The molecular weight excluding hydrogens is 382 g/mol. The van der Waals surface area contributed by atoms with Gasteiger partial charge in [0.15, 0.2) is 5.75 Å². The first-order valence-corrected chi connectivity index (χ1v) is 8.23. The molecule has 2 aromatic carbocycles. The first-order valence-electron chi connectivity index (χ1n) is 8.23. The van der Waals surface area contributed by atoms with Crippen molar-refractivity contribution in [3.63, 3.8) is 0 Å². The molecule has 3 rings (SSSR count). The summed E-state index contributed by atoms with van der Waals surface area (Å²) in [6.07, 6.45) is 1.17. The van der Waals surface area contributed by atoms with Crippen molar-refractivity contribution in [3.05, 3.63) is 63.7 Å². The zero-order valence-corrected chi connectivity index (χ0v) is 15.4. The second-order valence-corrected chi connectivity index (χ2v) is 5.85. The minimum atomic E-state index is -0.911. The van der Waals surface area contributed by atoms with Gasteiger partial charge in [-0.2, -0.15) is 0 Å². The smallest absolute Gasteiger partial charge is 0.335 e. The van der Waals surface area contributed by atoms with E-state index in [1.165, 1.54) is 50.6 Å². The zero-order valence-electron chi connectivity index (χ0n) is 15.4. The predicted octanol–water partition coefficient (Wildman–Crippen LogP) is 2.28. The van der Waals surface area contributed by atoms with Crippen LogP contribution in [0.5, 0.6) is 11.5 Å². The normalized spacial score (nSPS) is 15.3. The topological polar surface area (TPSA) is 128 Å². The van der Waals surface area contributed by atoms with Crippen LogP contribution in [0.15, 0.2) is 48.0 Å². The maximum atomic E-state index is 12.9. The molecule has 10 heteroatoms. The summed E-state index contributed by atoms with van der Waals surface area (Å²) in [4.78, 5) is 48.7. The Morgan fingerprint density at radius 3 is 2.48 bits per heavy atom. The van der Waals surface area contributed by atoms with Crippen LogP contribution in [0.3, 0.4) is 0 Å². The van der Waals surface area contributed by atoms with Crippen molar-refractivity contribution in [1.82, 2.24) is 5.32 Å². The van der Waals surface area contributed by atoms with Crippen LogP contribution in [0.2, 0.25) is 0 Å². The van der Waals surface area contributed by atoms with E-state index >= 15 is 0 Å². The van der Waals surface area contributed by atoms with Crippen molar-refractivity contribution in [2.75, 3.05) is 19.1 Å². The number of hydrogen-bond donors (Lipinski definition) is 1. The van der Waals surface area contributed by atoms with E-state index in [-0.39, 0.29) is 28.3 Å². The molecule has 4 amide bonds. The zero-order chi connectivity index (χ0) is 21.1. The fraction of sp³-hybridized carbons (Fsp3) is 0.105. The lowest BCUT2D eigenvalue weighted by molar-refractivity contribution is -0.385. The number of carbonyl (C=O) groups excluding carboxylic acids is 3. The van der Waals surface area contributed by atoms with E-state index in [0.717, 1.165) is 4.90 Å². The minimum Gasteiger partial charge on any atom is -0.497 e. The Morgan fingerprint density at radius 1 is 1.07 bits per heavy atom. The van der Waals surface area contributed by atoms with E-state index < -0.39 is 22.8 Å². The monoisotopic (exact) mass is 397 g/mol. The molecule has 1 N–H and O–H groups in total. The number of ether oxygens (including phenoxy) is 2. The average molecular weight is 397 g/mol. The van der Waals surface area contributed by atoms with Crippen molar-refractivity contribution < 1.29 is 28.8 Å². The van der Waals surface area contributed by atoms with Gasteiger partial charge in [0, 0.05) is 12.1 Å². The number of nitro groups is 1. The van der Waals surface area contributed by atoms with Gasteiger partial charge in [0.05, 0.1) is 24.8 Å². The first-order chi connectivity index (χ1) is 13.8. The molecule has 0 radical (unpaired) electrons. The summed E-state index contributed by atoms with van der Waals surface area (Å²) in [5.74, 6) is -1.33. The van der Waals surface area contributed by atoms with Gasteiger partial charge in [-0.05, 0) is 29.8 Å². The number of nitrogens with one attached hydrogen (secondary N) is 1. The molecule has 0 unspecified atom stereocenters. The highest BCUT2D eigenvalue weighted by molar-refractivity contribution is 6.39. The molecule has 29 heavy (non-hydrogen) atoms. The van der Waals surface area contributed by atoms with Gasteiger partial charge in [0.1, 0.15) is 11.3 Å². The highest BCUT2D eigenvalue weighted by atomic mass is 16.6. The van der Waals surface area contributed by atoms with Crippen LogP contribution < -0.4 is 19.7 Å². The number of amides is 4. The summed E-state index contributed by atoms with van der Waals surface area (Å²) in [6.45, 7) is 0. The average Bonchev–Trinajstić information content (AvgIpc) is 2.71. The van der Waals surface area contributed by atoms with E-state index in [2.05, 4.69) is 5.32 Å². The van der Waals surface area contributed by atoms with E-state index in [1.54, 1.807) is 12.1 Å². The number of methoxy groups -OCH3 is 2. The highest BCUT2D eigenvalue weighted by Gasteiger charge is 2.37. The Bertz CT molecular complexity index is 1060. The second-order valence-electron chi connectivity index (χ2n) is 5.85. The summed E-state index contributed by atoms with van der Waals surface area (Å²) < 4.78 is 10.0. The fourth-order valence-corrected chi connectivity index (χ4v) is 2.75. The molecule has 0 bridgehead atoms. The van der Waals surface area contributed by atoms with Gasteiger partial charge in [-0.1, -0.05) is 12.1 Å². The third kappa shape index (κ3) is 3.76. The number of imide groups is 2.